The van der Waals surface area contributed by atoms with Crippen LogP contribution in [-0.2, 0) is 6.54 Å². The third-order valence-electron chi connectivity index (χ3n) is 2.93. The topological polar surface area (TPSA) is 12.0 Å². The molecule has 18 heavy (non-hydrogen) atoms. The van der Waals surface area contributed by atoms with E-state index in [9.17, 15) is 4.39 Å². The van der Waals surface area contributed by atoms with Crippen molar-refractivity contribution in [1.82, 2.24) is 5.32 Å². The average molecular weight is 264 g/mol. The number of halogens is 2. The highest BCUT2D eigenvalue weighted by Crippen LogP contribution is 2.20. The summed E-state index contributed by atoms with van der Waals surface area (Å²) in [6, 6.07) is 15.2. The minimum atomic E-state index is -0.372. The average Bonchev–Trinajstić information content (AvgIpc) is 2.41. The van der Waals surface area contributed by atoms with E-state index in [0.29, 0.717) is 6.54 Å². The van der Waals surface area contributed by atoms with Crippen LogP contribution in [0.4, 0.5) is 4.39 Å². The molecule has 2 aromatic carbocycles. The Morgan fingerprint density at radius 2 is 1.83 bits per heavy atom. The summed E-state index contributed by atoms with van der Waals surface area (Å²) in [7, 11) is 0. The third kappa shape index (κ3) is 3.09. The Hall–Kier alpha value is -1.38. The van der Waals surface area contributed by atoms with Crippen LogP contribution in [0.1, 0.15) is 24.1 Å². The molecular formula is C15H15ClFN. The van der Waals surface area contributed by atoms with Crippen molar-refractivity contribution in [3.63, 3.8) is 0 Å². The van der Waals surface area contributed by atoms with E-state index in [1.807, 2.05) is 24.3 Å². The van der Waals surface area contributed by atoms with Crippen LogP contribution in [0.15, 0.2) is 48.5 Å². The van der Waals surface area contributed by atoms with Crippen LogP contribution in [0, 0.1) is 5.82 Å². The molecule has 0 heterocycles. The second kappa shape index (κ2) is 5.98. The van der Waals surface area contributed by atoms with Crippen molar-refractivity contribution in [2.45, 2.75) is 19.5 Å². The van der Waals surface area contributed by atoms with Gasteiger partial charge in [0.1, 0.15) is 5.82 Å². The highest BCUT2D eigenvalue weighted by molar-refractivity contribution is 6.31. The molecule has 0 spiro atoms. The normalized spacial score (nSPS) is 12.4. The van der Waals surface area contributed by atoms with Crippen molar-refractivity contribution in [1.29, 1.82) is 0 Å². The molecule has 1 N–H and O–H groups in total. The first kappa shape index (κ1) is 13.1. The largest absolute Gasteiger partial charge is 0.306 e. The fourth-order valence-corrected chi connectivity index (χ4v) is 2.00. The molecule has 94 valence electrons. The van der Waals surface area contributed by atoms with Gasteiger partial charge in [-0.05, 0) is 24.1 Å². The van der Waals surface area contributed by atoms with E-state index in [4.69, 9.17) is 11.6 Å². The summed E-state index contributed by atoms with van der Waals surface area (Å²) in [6.45, 7) is 2.62. The van der Waals surface area contributed by atoms with Crippen LogP contribution in [-0.4, -0.2) is 0 Å². The van der Waals surface area contributed by atoms with Crippen LogP contribution in [0.25, 0.3) is 0 Å². The highest BCUT2D eigenvalue weighted by atomic mass is 35.5. The Kier molecular flexibility index (Phi) is 4.34. The van der Waals surface area contributed by atoms with E-state index in [1.54, 1.807) is 6.07 Å². The number of nitrogens with one attached hydrogen (secondary N) is 1. The van der Waals surface area contributed by atoms with Gasteiger partial charge in [-0.3, -0.25) is 0 Å². The molecule has 0 saturated heterocycles. The lowest BCUT2D eigenvalue weighted by molar-refractivity contribution is 0.569. The van der Waals surface area contributed by atoms with Crippen molar-refractivity contribution in [3.05, 3.63) is 70.5 Å². The van der Waals surface area contributed by atoms with Crippen molar-refractivity contribution >= 4 is 11.6 Å². The first-order valence-corrected chi connectivity index (χ1v) is 6.27. The maximum atomic E-state index is 13.3. The summed E-state index contributed by atoms with van der Waals surface area (Å²) < 4.78 is 13.3. The minimum Gasteiger partial charge on any atom is -0.306 e. The molecule has 0 unspecified atom stereocenters. The third-order valence-corrected chi connectivity index (χ3v) is 3.35. The fourth-order valence-electron chi connectivity index (χ4n) is 1.81. The van der Waals surface area contributed by atoms with Crippen LogP contribution in [0.3, 0.4) is 0 Å². The molecule has 0 aliphatic rings. The van der Waals surface area contributed by atoms with Gasteiger partial charge in [0.15, 0.2) is 0 Å². The van der Waals surface area contributed by atoms with Gasteiger partial charge in [-0.2, -0.15) is 0 Å². The van der Waals surface area contributed by atoms with Gasteiger partial charge < -0.3 is 5.32 Å². The first-order chi connectivity index (χ1) is 8.68. The molecule has 0 saturated carbocycles. The summed E-state index contributed by atoms with van der Waals surface area (Å²) in [5.41, 5.74) is 1.98. The molecule has 0 bridgehead atoms. The lowest BCUT2D eigenvalue weighted by atomic mass is 10.1. The van der Waals surface area contributed by atoms with Gasteiger partial charge in [0.25, 0.3) is 0 Å². The standard InChI is InChI=1S/C15H15ClFN/c1-11(12-6-3-2-4-7-12)18-10-13-8-5-9-14(17)15(13)16/h2-9,11,18H,10H2,1H3/t11-/m1/s1. The summed E-state index contributed by atoms with van der Waals surface area (Å²) in [5.74, 6) is -0.372. The monoisotopic (exact) mass is 263 g/mol. The van der Waals surface area contributed by atoms with E-state index < -0.39 is 0 Å². The van der Waals surface area contributed by atoms with Gasteiger partial charge in [0.05, 0.1) is 5.02 Å². The minimum absolute atomic E-state index is 0.199. The van der Waals surface area contributed by atoms with Crippen LogP contribution < -0.4 is 5.32 Å². The Balaban J connectivity index is 2.02. The molecule has 0 amide bonds. The van der Waals surface area contributed by atoms with E-state index >= 15 is 0 Å². The van der Waals surface area contributed by atoms with Crippen molar-refractivity contribution < 1.29 is 4.39 Å². The molecule has 0 fully saturated rings. The van der Waals surface area contributed by atoms with E-state index in [-0.39, 0.29) is 16.9 Å². The lowest BCUT2D eigenvalue weighted by Crippen LogP contribution is -2.18. The summed E-state index contributed by atoms with van der Waals surface area (Å²) in [5, 5.41) is 3.53. The van der Waals surface area contributed by atoms with Crippen molar-refractivity contribution in [2.24, 2.45) is 0 Å². The molecule has 0 aromatic heterocycles. The molecule has 2 rings (SSSR count). The van der Waals surface area contributed by atoms with E-state index in [0.717, 1.165) is 5.56 Å². The van der Waals surface area contributed by atoms with Gasteiger partial charge in [-0.15, -0.1) is 0 Å². The maximum absolute atomic E-state index is 13.3. The molecular weight excluding hydrogens is 249 g/mol. The second-order valence-electron chi connectivity index (χ2n) is 4.23. The van der Waals surface area contributed by atoms with Crippen molar-refractivity contribution in [3.8, 4) is 0 Å². The molecule has 1 atom stereocenters. The van der Waals surface area contributed by atoms with E-state index in [1.165, 1.54) is 11.6 Å². The number of hydrogen-bond acceptors (Lipinski definition) is 1. The van der Waals surface area contributed by atoms with Crippen LogP contribution >= 0.6 is 11.6 Å². The summed E-state index contributed by atoms with van der Waals surface area (Å²) in [6.07, 6.45) is 0. The Morgan fingerprint density at radius 1 is 1.11 bits per heavy atom. The zero-order chi connectivity index (χ0) is 13.0. The highest BCUT2D eigenvalue weighted by Gasteiger charge is 2.08. The SMILES string of the molecule is C[C@@H](NCc1cccc(F)c1Cl)c1ccccc1. The molecule has 0 aliphatic carbocycles. The smallest absolute Gasteiger partial charge is 0.142 e. The Bertz CT molecular complexity index is 513. The molecule has 3 heteroatoms. The summed E-state index contributed by atoms with van der Waals surface area (Å²) >= 11 is 5.91. The van der Waals surface area contributed by atoms with Gasteiger partial charge in [0.2, 0.25) is 0 Å². The van der Waals surface area contributed by atoms with Gasteiger partial charge in [-0.1, -0.05) is 54.1 Å². The predicted octanol–water partition coefficient (Wildman–Crippen LogP) is 4.33. The predicted molar refractivity (Wildman–Crippen MR) is 73.1 cm³/mol. The molecule has 0 aliphatic heterocycles. The second-order valence-corrected chi connectivity index (χ2v) is 4.60. The lowest BCUT2D eigenvalue weighted by Gasteiger charge is -2.15. The van der Waals surface area contributed by atoms with Crippen LogP contribution in [0.2, 0.25) is 5.02 Å². The number of benzene rings is 2. The van der Waals surface area contributed by atoms with Crippen molar-refractivity contribution in [2.75, 3.05) is 0 Å². The van der Waals surface area contributed by atoms with Gasteiger partial charge in [-0.25, -0.2) is 4.39 Å². The molecule has 2 aromatic rings. The Morgan fingerprint density at radius 3 is 2.56 bits per heavy atom. The van der Waals surface area contributed by atoms with Gasteiger partial charge >= 0.3 is 0 Å². The van der Waals surface area contributed by atoms with E-state index in [2.05, 4.69) is 24.4 Å². The maximum Gasteiger partial charge on any atom is 0.142 e. The molecule has 1 nitrogen and oxygen atoms in total. The quantitative estimate of drug-likeness (QED) is 0.866. The fraction of sp³-hybridized carbons (Fsp3) is 0.200. The van der Waals surface area contributed by atoms with Crippen LogP contribution in [0.5, 0.6) is 0 Å². The Labute approximate surface area is 112 Å². The zero-order valence-corrected chi connectivity index (χ0v) is 10.9. The summed E-state index contributed by atoms with van der Waals surface area (Å²) in [4.78, 5) is 0. The zero-order valence-electron chi connectivity index (χ0n) is 10.2. The number of hydrogen-bond donors (Lipinski definition) is 1. The van der Waals surface area contributed by atoms with Gasteiger partial charge in [0, 0.05) is 12.6 Å². The first-order valence-electron chi connectivity index (χ1n) is 5.89. The number of rotatable bonds is 4. The molecule has 0 radical (unpaired) electrons.